The SMILES string of the molecule is Cc1ncc2ccc(C(N)CO)n2n1. The van der Waals surface area contributed by atoms with Gasteiger partial charge in [0.05, 0.1) is 30.1 Å². The van der Waals surface area contributed by atoms with Gasteiger partial charge in [-0.2, -0.15) is 5.10 Å². The second kappa shape index (κ2) is 3.36. The van der Waals surface area contributed by atoms with Crippen molar-refractivity contribution in [2.24, 2.45) is 5.73 Å². The van der Waals surface area contributed by atoms with Crippen molar-refractivity contribution >= 4 is 5.52 Å². The minimum atomic E-state index is -0.396. The van der Waals surface area contributed by atoms with Crippen molar-refractivity contribution in [3.05, 3.63) is 29.8 Å². The maximum Gasteiger partial charge on any atom is 0.146 e. The highest BCUT2D eigenvalue weighted by Gasteiger charge is 2.10. The molecule has 0 aliphatic rings. The normalized spacial score (nSPS) is 13.4. The Hall–Kier alpha value is -1.46. The predicted octanol–water partition coefficient (Wildman–Crippen LogP) is 0.0298. The molecule has 2 aromatic rings. The van der Waals surface area contributed by atoms with Crippen molar-refractivity contribution in [3.8, 4) is 0 Å². The average Bonchev–Trinajstić information content (AvgIpc) is 2.59. The van der Waals surface area contributed by atoms with Crippen LogP contribution in [0.25, 0.3) is 5.52 Å². The summed E-state index contributed by atoms with van der Waals surface area (Å²) in [5.41, 5.74) is 7.41. The zero-order valence-electron chi connectivity index (χ0n) is 7.88. The van der Waals surface area contributed by atoms with Gasteiger partial charge in [-0.05, 0) is 19.1 Å². The Morgan fingerprint density at radius 3 is 3.07 bits per heavy atom. The first-order valence-corrected chi connectivity index (χ1v) is 4.40. The molecule has 0 spiro atoms. The zero-order chi connectivity index (χ0) is 10.1. The summed E-state index contributed by atoms with van der Waals surface area (Å²) in [7, 11) is 0. The molecule has 3 N–H and O–H groups in total. The van der Waals surface area contributed by atoms with Crippen LogP contribution in [0.4, 0.5) is 0 Å². The van der Waals surface area contributed by atoms with Gasteiger partial charge < -0.3 is 10.8 Å². The summed E-state index contributed by atoms with van der Waals surface area (Å²) in [6, 6.07) is 3.33. The van der Waals surface area contributed by atoms with E-state index in [1.165, 1.54) is 0 Å². The van der Waals surface area contributed by atoms with Crippen LogP contribution in [0.15, 0.2) is 18.3 Å². The van der Waals surface area contributed by atoms with E-state index < -0.39 is 6.04 Å². The van der Waals surface area contributed by atoms with Crippen LogP contribution in [0, 0.1) is 6.92 Å². The smallest absolute Gasteiger partial charge is 0.146 e. The molecule has 0 aromatic carbocycles. The molecule has 0 aliphatic heterocycles. The standard InChI is InChI=1S/C9H12N4O/c1-6-11-4-7-2-3-9(8(10)5-14)13(7)12-6/h2-4,8,14H,5,10H2,1H3. The monoisotopic (exact) mass is 192 g/mol. The summed E-state index contributed by atoms with van der Waals surface area (Å²) in [5, 5.41) is 13.2. The van der Waals surface area contributed by atoms with Gasteiger partial charge in [-0.3, -0.25) is 0 Å². The van der Waals surface area contributed by atoms with E-state index in [0.29, 0.717) is 5.82 Å². The Balaban J connectivity index is 2.61. The first-order chi connectivity index (χ1) is 6.72. The van der Waals surface area contributed by atoms with E-state index in [1.807, 2.05) is 19.1 Å². The van der Waals surface area contributed by atoms with Crippen LogP contribution in [0.2, 0.25) is 0 Å². The molecule has 2 aromatic heterocycles. The number of aliphatic hydroxyl groups is 1. The van der Waals surface area contributed by atoms with Crippen molar-refractivity contribution in [1.29, 1.82) is 0 Å². The topological polar surface area (TPSA) is 76.4 Å². The van der Waals surface area contributed by atoms with Gasteiger partial charge in [-0.1, -0.05) is 0 Å². The van der Waals surface area contributed by atoms with E-state index in [2.05, 4.69) is 10.1 Å². The number of hydrogen-bond donors (Lipinski definition) is 2. The largest absolute Gasteiger partial charge is 0.394 e. The molecule has 0 fully saturated rings. The fourth-order valence-corrected chi connectivity index (χ4v) is 1.38. The van der Waals surface area contributed by atoms with Crippen molar-refractivity contribution in [2.75, 3.05) is 6.61 Å². The van der Waals surface area contributed by atoms with E-state index in [4.69, 9.17) is 10.8 Å². The number of fused-ring (bicyclic) bond motifs is 1. The number of nitrogens with zero attached hydrogens (tertiary/aromatic N) is 3. The Labute approximate surface area is 81.2 Å². The lowest BCUT2D eigenvalue weighted by molar-refractivity contribution is 0.264. The lowest BCUT2D eigenvalue weighted by Gasteiger charge is -2.07. The van der Waals surface area contributed by atoms with E-state index in [0.717, 1.165) is 11.2 Å². The van der Waals surface area contributed by atoms with Crippen molar-refractivity contribution in [2.45, 2.75) is 13.0 Å². The van der Waals surface area contributed by atoms with Gasteiger partial charge in [0.15, 0.2) is 0 Å². The molecule has 5 heteroatoms. The highest BCUT2D eigenvalue weighted by atomic mass is 16.3. The molecule has 0 saturated heterocycles. The Morgan fingerprint density at radius 2 is 2.36 bits per heavy atom. The summed E-state index contributed by atoms with van der Waals surface area (Å²) < 4.78 is 1.71. The molecule has 14 heavy (non-hydrogen) atoms. The van der Waals surface area contributed by atoms with Crippen molar-refractivity contribution in [3.63, 3.8) is 0 Å². The molecule has 2 heterocycles. The maximum absolute atomic E-state index is 8.95. The molecule has 0 radical (unpaired) electrons. The molecule has 0 bridgehead atoms. The van der Waals surface area contributed by atoms with E-state index >= 15 is 0 Å². The molecule has 1 unspecified atom stereocenters. The number of rotatable bonds is 2. The first-order valence-electron chi connectivity index (χ1n) is 4.40. The maximum atomic E-state index is 8.95. The van der Waals surface area contributed by atoms with Crippen LogP contribution in [-0.4, -0.2) is 26.3 Å². The fourth-order valence-electron chi connectivity index (χ4n) is 1.38. The summed E-state index contributed by atoms with van der Waals surface area (Å²) in [6.45, 7) is 1.73. The number of aromatic nitrogens is 3. The molecule has 2 rings (SSSR count). The van der Waals surface area contributed by atoms with Crippen LogP contribution < -0.4 is 5.73 Å². The first kappa shape index (κ1) is 9.11. The summed E-state index contributed by atoms with van der Waals surface area (Å²) in [5.74, 6) is 0.681. The van der Waals surface area contributed by atoms with Gasteiger partial charge in [0.2, 0.25) is 0 Å². The second-order valence-electron chi connectivity index (χ2n) is 3.19. The third-order valence-electron chi connectivity index (χ3n) is 2.12. The molecule has 0 saturated carbocycles. The third-order valence-corrected chi connectivity index (χ3v) is 2.12. The van der Waals surface area contributed by atoms with Crippen LogP contribution in [0.5, 0.6) is 0 Å². The fraction of sp³-hybridized carbons (Fsp3) is 0.333. The van der Waals surface area contributed by atoms with E-state index in [1.54, 1.807) is 10.7 Å². The van der Waals surface area contributed by atoms with Crippen LogP contribution in [0.3, 0.4) is 0 Å². The molecular formula is C9H12N4O. The lowest BCUT2D eigenvalue weighted by Crippen LogP contribution is -2.17. The molecule has 74 valence electrons. The van der Waals surface area contributed by atoms with E-state index in [-0.39, 0.29) is 6.61 Å². The van der Waals surface area contributed by atoms with Crippen molar-refractivity contribution in [1.82, 2.24) is 14.6 Å². The van der Waals surface area contributed by atoms with Gasteiger partial charge in [0, 0.05) is 0 Å². The highest BCUT2D eigenvalue weighted by Crippen LogP contribution is 2.13. The van der Waals surface area contributed by atoms with Gasteiger partial charge in [-0.25, -0.2) is 9.50 Å². The number of aliphatic hydroxyl groups excluding tert-OH is 1. The zero-order valence-corrected chi connectivity index (χ0v) is 7.88. The number of aryl methyl sites for hydroxylation is 1. The van der Waals surface area contributed by atoms with Gasteiger partial charge in [0.1, 0.15) is 5.82 Å². The molecule has 5 nitrogen and oxygen atoms in total. The number of hydrogen-bond acceptors (Lipinski definition) is 4. The van der Waals surface area contributed by atoms with Crippen LogP contribution in [-0.2, 0) is 0 Å². The summed E-state index contributed by atoms with van der Waals surface area (Å²) in [4.78, 5) is 4.07. The van der Waals surface area contributed by atoms with Gasteiger partial charge >= 0.3 is 0 Å². The Morgan fingerprint density at radius 1 is 1.57 bits per heavy atom. The quantitative estimate of drug-likeness (QED) is 0.703. The molecule has 1 atom stereocenters. The Bertz CT molecular complexity index is 451. The number of nitrogens with two attached hydrogens (primary N) is 1. The van der Waals surface area contributed by atoms with Crippen LogP contribution >= 0.6 is 0 Å². The average molecular weight is 192 g/mol. The molecule has 0 aliphatic carbocycles. The van der Waals surface area contributed by atoms with Gasteiger partial charge in [0.25, 0.3) is 0 Å². The predicted molar refractivity (Wildman–Crippen MR) is 51.7 cm³/mol. The third kappa shape index (κ3) is 1.36. The van der Waals surface area contributed by atoms with Gasteiger partial charge in [-0.15, -0.1) is 0 Å². The Kier molecular flexibility index (Phi) is 2.18. The van der Waals surface area contributed by atoms with E-state index in [9.17, 15) is 0 Å². The summed E-state index contributed by atoms with van der Waals surface area (Å²) in [6.07, 6.45) is 1.73. The molecule has 0 amide bonds. The molecular weight excluding hydrogens is 180 g/mol. The minimum absolute atomic E-state index is 0.0881. The highest BCUT2D eigenvalue weighted by molar-refractivity contribution is 5.46. The summed E-state index contributed by atoms with van der Waals surface area (Å²) >= 11 is 0. The second-order valence-corrected chi connectivity index (χ2v) is 3.19. The van der Waals surface area contributed by atoms with Crippen LogP contribution in [0.1, 0.15) is 17.6 Å². The van der Waals surface area contributed by atoms with Crippen molar-refractivity contribution < 1.29 is 5.11 Å². The lowest BCUT2D eigenvalue weighted by atomic mass is 10.2. The minimum Gasteiger partial charge on any atom is -0.394 e.